The van der Waals surface area contributed by atoms with Crippen molar-refractivity contribution in [2.45, 2.75) is 25.9 Å². The maximum atomic E-state index is 13.5. The second-order valence-corrected chi connectivity index (χ2v) is 5.62. The van der Waals surface area contributed by atoms with Gasteiger partial charge in [-0.25, -0.2) is 4.39 Å². The van der Waals surface area contributed by atoms with E-state index in [1.54, 1.807) is 25.1 Å². The molecule has 1 aromatic rings. The molecule has 21 heavy (non-hydrogen) atoms. The van der Waals surface area contributed by atoms with E-state index in [2.05, 4.69) is 4.90 Å². The number of hydrogen-bond donors (Lipinski definition) is 1. The van der Waals surface area contributed by atoms with Gasteiger partial charge in [-0.2, -0.15) is 0 Å². The lowest BCUT2D eigenvalue weighted by Gasteiger charge is -2.35. The number of carbonyl (C=O) groups excluding carboxylic acids is 1. The number of benzene rings is 1. The fraction of sp³-hybridized carbons (Fsp3) is 0.562. The molecular formula is C16H23FN2O2. The molecule has 1 aromatic carbocycles. The number of rotatable bonds is 5. The van der Waals surface area contributed by atoms with E-state index in [1.807, 2.05) is 4.90 Å². The molecule has 1 saturated heterocycles. The van der Waals surface area contributed by atoms with Gasteiger partial charge in [0.05, 0.1) is 6.10 Å². The van der Waals surface area contributed by atoms with Gasteiger partial charge in [-0.1, -0.05) is 18.2 Å². The number of hydrogen-bond acceptors (Lipinski definition) is 3. The lowest BCUT2D eigenvalue weighted by atomic mass is 10.1. The molecule has 2 rings (SSSR count). The predicted molar refractivity (Wildman–Crippen MR) is 79.4 cm³/mol. The number of aliphatic hydroxyl groups excluding tert-OH is 1. The van der Waals surface area contributed by atoms with Crippen molar-refractivity contribution in [3.8, 4) is 0 Å². The number of carbonyl (C=O) groups is 1. The van der Waals surface area contributed by atoms with Crippen LogP contribution in [-0.2, 0) is 11.2 Å². The first-order chi connectivity index (χ1) is 10.1. The number of piperazine rings is 1. The first-order valence-corrected chi connectivity index (χ1v) is 7.48. The number of β-amino-alcohol motifs (C(OH)–C–C–N with tert-alkyl or cyclic N) is 1. The zero-order valence-corrected chi connectivity index (χ0v) is 12.5. The summed E-state index contributed by atoms with van der Waals surface area (Å²) in [7, 11) is 0. The second kappa shape index (κ2) is 7.52. The Balaban J connectivity index is 1.76. The quantitative estimate of drug-likeness (QED) is 0.890. The molecule has 0 spiro atoms. The van der Waals surface area contributed by atoms with Crippen LogP contribution in [-0.4, -0.2) is 59.6 Å². The van der Waals surface area contributed by atoms with Gasteiger partial charge in [-0.3, -0.25) is 9.69 Å². The number of halogens is 1. The zero-order chi connectivity index (χ0) is 15.2. The van der Waals surface area contributed by atoms with Crippen molar-refractivity contribution in [3.63, 3.8) is 0 Å². The summed E-state index contributed by atoms with van der Waals surface area (Å²) < 4.78 is 13.5. The maximum Gasteiger partial charge on any atom is 0.222 e. The van der Waals surface area contributed by atoms with E-state index in [4.69, 9.17) is 0 Å². The molecule has 0 aromatic heterocycles. The smallest absolute Gasteiger partial charge is 0.222 e. The second-order valence-electron chi connectivity index (χ2n) is 5.62. The third-order valence-electron chi connectivity index (χ3n) is 3.81. The van der Waals surface area contributed by atoms with E-state index in [1.165, 1.54) is 6.07 Å². The van der Waals surface area contributed by atoms with Crippen LogP contribution in [0.2, 0.25) is 0 Å². The number of aryl methyl sites for hydroxylation is 1. The zero-order valence-electron chi connectivity index (χ0n) is 12.5. The summed E-state index contributed by atoms with van der Waals surface area (Å²) in [5.74, 6) is -0.165. The molecule has 4 nitrogen and oxygen atoms in total. The van der Waals surface area contributed by atoms with E-state index < -0.39 is 0 Å². The van der Waals surface area contributed by atoms with Crippen LogP contribution in [0.4, 0.5) is 4.39 Å². The number of amides is 1. The van der Waals surface area contributed by atoms with Crippen molar-refractivity contribution >= 4 is 5.91 Å². The van der Waals surface area contributed by atoms with Crippen LogP contribution in [0.5, 0.6) is 0 Å². The summed E-state index contributed by atoms with van der Waals surface area (Å²) >= 11 is 0. The van der Waals surface area contributed by atoms with Gasteiger partial charge in [0.2, 0.25) is 5.91 Å². The van der Waals surface area contributed by atoms with E-state index in [0.29, 0.717) is 38.0 Å². The predicted octanol–water partition coefficient (Wildman–Crippen LogP) is 1.28. The Morgan fingerprint density at radius 1 is 1.29 bits per heavy atom. The van der Waals surface area contributed by atoms with Crippen molar-refractivity contribution < 1.29 is 14.3 Å². The van der Waals surface area contributed by atoms with Gasteiger partial charge < -0.3 is 10.0 Å². The molecule has 1 heterocycles. The molecule has 1 N–H and O–H groups in total. The lowest BCUT2D eigenvalue weighted by molar-refractivity contribution is -0.133. The van der Waals surface area contributed by atoms with Crippen LogP contribution in [0.3, 0.4) is 0 Å². The summed E-state index contributed by atoms with van der Waals surface area (Å²) in [5.41, 5.74) is 0.596. The minimum Gasteiger partial charge on any atom is -0.392 e. The highest BCUT2D eigenvalue weighted by Crippen LogP contribution is 2.11. The highest BCUT2D eigenvalue weighted by atomic mass is 19.1. The minimum atomic E-state index is -0.340. The van der Waals surface area contributed by atoms with Crippen molar-refractivity contribution in [2.75, 3.05) is 32.7 Å². The van der Waals surface area contributed by atoms with Gasteiger partial charge >= 0.3 is 0 Å². The van der Waals surface area contributed by atoms with Crippen LogP contribution in [0.1, 0.15) is 18.9 Å². The topological polar surface area (TPSA) is 43.8 Å². The minimum absolute atomic E-state index is 0.0787. The molecule has 116 valence electrons. The van der Waals surface area contributed by atoms with Crippen LogP contribution in [0, 0.1) is 5.82 Å². The molecule has 1 aliphatic rings. The molecule has 5 heteroatoms. The van der Waals surface area contributed by atoms with Crippen LogP contribution in [0.15, 0.2) is 24.3 Å². The third-order valence-corrected chi connectivity index (χ3v) is 3.81. The average molecular weight is 294 g/mol. The number of aliphatic hydroxyl groups is 1. The van der Waals surface area contributed by atoms with Crippen LogP contribution < -0.4 is 0 Å². The molecule has 1 amide bonds. The summed E-state index contributed by atoms with van der Waals surface area (Å²) in [6.45, 7) is 5.36. The molecular weight excluding hydrogens is 271 g/mol. The highest BCUT2D eigenvalue weighted by Gasteiger charge is 2.21. The molecule has 0 saturated carbocycles. The van der Waals surface area contributed by atoms with Crippen molar-refractivity contribution in [1.82, 2.24) is 9.80 Å². The molecule has 0 unspecified atom stereocenters. The third kappa shape index (κ3) is 4.79. The fourth-order valence-corrected chi connectivity index (χ4v) is 2.65. The average Bonchev–Trinajstić information content (AvgIpc) is 2.46. The molecule has 1 aliphatic heterocycles. The molecule has 0 bridgehead atoms. The highest BCUT2D eigenvalue weighted by molar-refractivity contribution is 5.76. The van der Waals surface area contributed by atoms with E-state index in [-0.39, 0.29) is 17.8 Å². The fourth-order valence-electron chi connectivity index (χ4n) is 2.65. The molecule has 0 aliphatic carbocycles. The summed E-state index contributed by atoms with van der Waals surface area (Å²) in [6.07, 6.45) is 0.449. The summed E-state index contributed by atoms with van der Waals surface area (Å²) in [6, 6.07) is 6.59. The number of nitrogens with zero attached hydrogens (tertiary/aromatic N) is 2. The SMILES string of the molecule is C[C@H](O)CN1CCN(C(=O)CCc2ccccc2F)CC1. The van der Waals surface area contributed by atoms with Gasteiger partial charge in [0.15, 0.2) is 0 Å². The van der Waals surface area contributed by atoms with E-state index >= 15 is 0 Å². The summed E-state index contributed by atoms with van der Waals surface area (Å²) in [4.78, 5) is 16.1. The van der Waals surface area contributed by atoms with Gasteiger partial charge in [0.25, 0.3) is 0 Å². The largest absolute Gasteiger partial charge is 0.392 e. The van der Waals surface area contributed by atoms with Crippen molar-refractivity contribution in [3.05, 3.63) is 35.6 Å². The standard InChI is InChI=1S/C16H23FN2O2/c1-13(20)12-18-8-10-19(11-9-18)16(21)7-6-14-4-2-3-5-15(14)17/h2-5,13,20H,6-12H2,1H3/t13-/m0/s1. The molecule has 1 fully saturated rings. The van der Waals surface area contributed by atoms with E-state index in [9.17, 15) is 14.3 Å². The molecule has 0 radical (unpaired) electrons. The van der Waals surface area contributed by atoms with Gasteiger partial charge in [0, 0.05) is 39.1 Å². The Bertz CT molecular complexity index is 471. The first kappa shape index (κ1) is 15.9. The lowest BCUT2D eigenvalue weighted by Crippen LogP contribution is -2.50. The monoisotopic (exact) mass is 294 g/mol. The van der Waals surface area contributed by atoms with Gasteiger partial charge in [-0.15, -0.1) is 0 Å². The van der Waals surface area contributed by atoms with Crippen molar-refractivity contribution in [1.29, 1.82) is 0 Å². The van der Waals surface area contributed by atoms with Gasteiger partial charge in [-0.05, 0) is 25.0 Å². The van der Waals surface area contributed by atoms with E-state index in [0.717, 1.165) is 13.1 Å². The Hall–Kier alpha value is -1.46. The maximum absolute atomic E-state index is 13.5. The van der Waals surface area contributed by atoms with Crippen LogP contribution >= 0.6 is 0 Å². The Morgan fingerprint density at radius 2 is 1.95 bits per heavy atom. The van der Waals surface area contributed by atoms with Crippen LogP contribution in [0.25, 0.3) is 0 Å². The Morgan fingerprint density at radius 3 is 2.57 bits per heavy atom. The molecule has 1 atom stereocenters. The normalized spacial score (nSPS) is 17.8. The summed E-state index contributed by atoms with van der Waals surface area (Å²) in [5, 5.41) is 9.36. The first-order valence-electron chi connectivity index (χ1n) is 7.48. The van der Waals surface area contributed by atoms with Gasteiger partial charge in [0.1, 0.15) is 5.82 Å². The Labute approximate surface area is 125 Å². The Kier molecular flexibility index (Phi) is 5.70. The van der Waals surface area contributed by atoms with Crippen molar-refractivity contribution in [2.24, 2.45) is 0 Å².